The molecule has 3 heterocycles. The third kappa shape index (κ3) is 4.24. The van der Waals surface area contributed by atoms with E-state index in [4.69, 9.17) is 8.83 Å². The second-order valence-electron chi connectivity index (χ2n) is 7.20. The molecule has 0 unspecified atom stereocenters. The maximum Gasteiger partial charge on any atom is 0.187 e. The summed E-state index contributed by atoms with van der Waals surface area (Å²) >= 11 is 0. The third-order valence-corrected chi connectivity index (χ3v) is 4.78. The first-order valence-corrected chi connectivity index (χ1v) is 9.42. The highest BCUT2D eigenvalue weighted by atomic mass is 16.3. The minimum absolute atomic E-state index is 0.0485. The van der Waals surface area contributed by atoms with Crippen molar-refractivity contribution >= 4 is 17.9 Å². The van der Waals surface area contributed by atoms with Gasteiger partial charge in [-0.3, -0.25) is 9.69 Å². The highest BCUT2D eigenvalue weighted by Gasteiger charge is 2.26. The fourth-order valence-electron chi connectivity index (χ4n) is 3.47. The molecule has 0 aliphatic carbocycles. The zero-order valence-corrected chi connectivity index (χ0v) is 16.1. The number of Topliss-reactive ketones (excluding diaryl/α,β-unsaturated/α-hetero) is 1. The van der Waals surface area contributed by atoms with Crippen LogP contribution in [0.15, 0.2) is 74.6 Å². The normalized spacial score (nSPS) is 18.3. The van der Waals surface area contributed by atoms with Crippen LogP contribution in [0.25, 0.3) is 12.2 Å². The predicted octanol–water partition coefficient (Wildman–Crippen LogP) is 5.04. The van der Waals surface area contributed by atoms with E-state index >= 15 is 0 Å². The zero-order chi connectivity index (χ0) is 19.5. The maximum absolute atomic E-state index is 13.1. The van der Waals surface area contributed by atoms with Crippen LogP contribution in [-0.2, 0) is 11.3 Å². The van der Waals surface area contributed by atoms with Crippen LogP contribution in [0.3, 0.4) is 0 Å². The van der Waals surface area contributed by atoms with Gasteiger partial charge in [0.2, 0.25) is 0 Å². The Hall–Kier alpha value is -3.11. The fraction of sp³-hybridized carbons (Fsp3) is 0.208. The van der Waals surface area contributed by atoms with Crippen LogP contribution in [0.2, 0.25) is 0 Å². The van der Waals surface area contributed by atoms with Gasteiger partial charge in [0.1, 0.15) is 23.0 Å². The standard InChI is InChI=1S/C24H23NO3/c1-17-8-10-22(27-17)12-20-15-25(14-19-6-4-3-5-7-19)16-21(24(20)26)13-23-11-9-18(2)28-23/h3-13H,14-16H2,1-2H3/b20-12+,21-13?. The van der Waals surface area contributed by atoms with Crippen LogP contribution in [0.1, 0.15) is 28.6 Å². The second kappa shape index (κ2) is 7.87. The summed E-state index contributed by atoms with van der Waals surface area (Å²) in [6.07, 6.45) is 3.71. The van der Waals surface area contributed by atoms with E-state index in [0.717, 1.165) is 29.2 Å². The number of hydrogen-bond acceptors (Lipinski definition) is 4. The fourth-order valence-corrected chi connectivity index (χ4v) is 3.47. The second-order valence-corrected chi connectivity index (χ2v) is 7.20. The number of rotatable bonds is 4. The van der Waals surface area contributed by atoms with Crippen molar-refractivity contribution < 1.29 is 13.6 Å². The molecule has 1 aliphatic rings. The highest BCUT2D eigenvalue weighted by molar-refractivity contribution is 6.14. The van der Waals surface area contributed by atoms with E-state index in [1.807, 2.05) is 68.5 Å². The molecule has 0 bridgehead atoms. The maximum atomic E-state index is 13.1. The summed E-state index contributed by atoms with van der Waals surface area (Å²) in [4.78, 5) is 15.4. The number of likely N-dealkylation sites (tertiary alicyclic amines) is 1. The van der Waals surface area contributed by atoms with Gasteiger partial charge in [-0.1, -0.05) is 30.3 Å². The molecule has 0 atom stereocenters. The minimum Gasteiger partial charge on any atom is -0.462 e. The first-order chi connectivity index (χ1) is 13.6. The molecule has 0 radical (unpaired) electrons. The topological polar surface area (TPSA) is 46.6 Å². The number of nitrogens with zero attached hydrogens (tertiary/aromatic N) is 1. The van der Waals surface area contributed by atoms with Gasteiger partial charge < -0.3 is 8.83 Å². The lowest BCUT2D eigenvalue weighted by Gasteiger charge is -2.29. The van der Waals surface area contributed by atoms with Gasteiger partial charge in [-0.2, -0.15) is 0 Å². The Labute approximate surface area is 164 Å². The van der Waals surface area contributed by atoms with Crippen molar-refractivity contribution in [3.8, 4) is 0 Å². The molecule has 0 saturated carbocycles. The largest absolute Gasteiger partial charge is 0.462 e. The molecule has 1 fully saturated rings. The summed E-state index contributed by atoms with van der Waals surface area (Å²) in [5.41, 5.74) is 2.68. The molecular formula is C24H23NO3. The van der Waals surface area contributed by atoms with Crippen molar-refractivity contribution in [1.29, 1.82) is 0 Å². The Kier molecular flexibility index (Phi) is 5.13. The van der Waals surface area contributed by atoms with Crippen molar-refractivity contribution in [3.05, 3.63) is 94.3 Å². The van der Waals surface area contributed by atoms with Crippen molar-refractivity contribution in [3.63, 3.8) is 0 Å². The van der Waals surface area contributed by atoms with Gasteiger partial charge in [-0.05, 0) is 55.8 Å². The van der Waals surface area contributed by atoms with Crippen molar-refractivity contribution in [2.24, 2.45) is 0 Å². The van der Waals surface area contributed by atoms with Gasteiger partial charge in [-0.25, -0.2) is 0 Å². The lowest BCUT2D eigenvalue weighted by molar-refractivity contribution is -0.113. The molecule has 2 aromatic heterocycles. The average Bonchev–Trinajstić information content (AvgIpc) is 3.27. The summed E-state index contributed by atoms with van der Waals surface area (Å²) in [5, 5.41) is 0. The van der Waals surface area contributed by atoms with Crippen LogP contribution in [-0.4, -0.2) is 23.8 Å². The Bertz CT molecular complexity index is 975. The van der Waals surface area contributed by atoms with Gasteiger partial charge in [0.15, 0.2) is 5.78 Å². The Balaban J connectivity index is 1.66. The lowest BCUT2D eigenvalue weighted by Crippen LogP contribution is -2.37. The zero-order valence-electron chi connectivity index (χ0n) is 16.1. The van der Waals surface area contributed by atoms with Gasteiger partial charge in [0, 0.05) is 30.8 Å². The monoisotopic (exact) mass is 373 g/mol. The third-order valence-electron chi connectivity index (χ3n) is 4.78. The number of furan rings is 2. The number of aryl methyl sites for hydroxylation is 2. The van der Waals surface area contributed by atoms with Gasteiger partial charge in [0.05, 0.1) is 0 Å². The number of hydrogen-bond donors (Lipinski definition) is 0. The Morgan fingerprint density at radius 3 is 1.82 bits per heavy atom. The van der Waals surface area contributed by atoms with E-state index in [9.17, 15) is 4.79 Å². The molecule has 1 saturated heterocycles. The average molecular weight is 373 g/mol. The number of carbonyl (C=O) groups excluding carboxylic acids is 1. The number of benzene rings is 1. The molecule has 142 valence electrons. The smallest absolute Gasteiger partial charge is 0.187 e. The summed E-state index contributed by atoms with van der Waals surface area (Å²) in [5.74, 6) is 3.12. The molecule has 0 amide bonds. The van der Waals surface area contributed by atoms with Crippen LogP contribution in [0, 0.1) is 13.8 Å². The summed E-state index contributed by atoms with van der Waals surface area (Å²) in [6.45, 7) is 5.75. The summed E-state index contributed by atoms with van der Waals surface area (Å²) in [7, 11) is 0. The molecule has 4 nitrogen and oxygen atoms in total. The first kappa shape index (κ1) is 18.3. The van der Waals surface area contributed by atoms with Gasteiger partial charge >= 0.3 is 0 Å². The van der Waals surface area contributed by atoms with Crippen molar-refractivity contribution in [1.82, 2.24) is 4.90 Å². The molecule has 3 aromatic rings. The lowest BCUT2D eigenvalue weighted by atomic mass is 9.95. The minimum atomic E-state index is 0.0485. The number of piperidine rings is 1. The van der Waals surface area contributed by atoms with Crippen LogP contribution < -0.4 is 0 Å². The molecular weight excluding hydrogens is 350 g/mol. The predicted molar refractivity (Wildman–Crippen MR) is 110 cm³/mol. The molecule has 28 heavy (non-hydrogen) atoms. The van der Waals surface area contributed by atoms with Crippen LogP contribution >= 0.6 is 0 Å². The summed E-state index contributed by atoms with van der Waals surface area (Å²) < 4.78 is 11.3. The molecule has 4 heteroatoms. The number of ketones is 1. The molecule has 1 aliphatic heterocycles. The van der Waals surface area contributed by atoms with Gasteiger partial charge in [0.25, 0.3) is 0 Å². The van der Waals surface area contributed by atoms with Crippen LogP contribution in [0.5, 0.6) is 0 Å². The Morgan fingerprint density at radius 1 is 0.821 bits per heavy atom. The van der Waals surface area contributed by atoms with Crippen molar-refractivity contribution in [2.75, 3.05) is 13.1 Å². The molecule has 0 N–H and O–H groups in total. The van der Waals surface area contributed by atoms with E-state index in [-0.39, 0.29) is 5.78 Å². The first-order valence-electron chi connectivity index (χ1n) is 9.42. The Morgan fingerprint density at radius 2 is 1.36 bits per heavy atom. The van der Waals surface area contributed by atoms with E-state index in [2.05, 4.69) is 17.0 Å². The van der Waals surface area contributed by atoms with E-state index in [1.165, 1.54) is 5.56 Å². The highest BCUT2D eigenvalue weighted by Crippen LogP contribution is 2.24. The quantitative estimate of drug-likeness (QED) is 0.601. The van der Waals surface area contributed by atoms with Crippen LogP contribution in [0.4, 0.5) is 0 Å². The molecule has 1 aromatic carbocycles. The summed E-state index contributed by atoms with van der Waals surface area (Å²) in [6, 6.07) is 17.9. The van der Waals surface area contributed by atoms with E-state index in [1.54, 1.807) is 0 Å². The van der Waals surface area contributed by atoms with Crippen molar-refractivity contribution in [2.45, 2.75) is 20.4 Å². The van der Waals surface area contributed by atoms with E-state index in [0.29, 0.717) is 24.6 Å². The molecule has 4 rings (SSSR count). The van der Waals surface area contributed by atoms with E-state index < -0.39 is 0 Å². The SMILES string of the molecule is Cc1ccc(C=C2CN(Cc3ccccc3)C/C(=C\c3ccc(C)o3)C2=O)o1. The molecule has 0 spiro atoms. The number of carbonyl (C=O) groups is 1. The van der Waals surface area contributed by atoms with Gasteiger partial charge in [-0.15, -0.1) is 0 Å².